The molecule has 4 aliphatic rings. The normalized spacial score (nSPS) is 38.9. The highest BCUT2D eigenvalue weighted by molar-refractivity contribution is 6.01. The van der Waals surface area contributed by atoms with Gasteiger partial charge in [-0.1, -0.05) is 45.0 Å². The van der Waals surface area contributed by atoms with Crippen LogP contribution in [0.1, 0.15) is 80.2 Å². The average Bonchev–Trinajstić information content (AvgIpc) is 3.26. The number of aliphatic hydroxyl groups excluding tert-OH is 1. The molecule has 16 heteroatoms. The Bertz CT molecular complexity index is 1930. The highest BCUT2D eigenvalue weighted by Crippen LogP contribution is 2.40. The Labute approximate surface area is 358 Å². The lowest BCUT2D eigenvalue weighted by atomic mass is 9.73. The summed E-state index contributed by atoms with van der Waals surface area (Å²) in [5.41, 5.74) is -0.547. The van der Waals surface area contributed by atoms with E-state index >= 15 is 0 Å². The first-order chi connectivity index (χ1) is 28.8. The number of cyclic esters (lactones) is 1. The zero-order valence-electron chi connectivity index (χ0n) is 37.0. The van der Waals surface area contributed by atoms with Crippen LogP contribution in [0, 0.1) is 23.7 Å². The maximum atomic E-state index is 14.5. The molecular weight excluding hydrogens is 787 g/mol. The summed E-state index contributed by atoms with van der Waals surface area (Å²) in [5.74, 6) is -5.51. The molecule has 4 aliphatic heterocycles. The molecule has 0 spiro atoms. The van der Waals surface area contributed by atoms with Crippen LogP contribution in [0.15, 0.2) is 52.9 Å². The number of ketones is 1. The van der Waals surface area contributed by atoms with Crippen LogP contribution < -0.4 is 0 Å². The van der Waals surface area contributed by atoms with Crippen molar-refractivity contribution in [2.24, 2.45) is 33.8 Å². The van der Waals surface area contributed by atoms with Crippen molar-refractivity contribution >= 4 is 29.1 Å². The van der Waals surface area contributed by atoms with E-state index in [1.165, 1.54) is 13.8 Å². The number of aromatic nitrogens is 2. The largest absolute Gasteiger partial charge is 0.459 e. The minimum absolute atomic E-state index is 0.0862. The lowest BCUT2D eigenvalue weighted by Gasteiger charge is -2.47. The number of amides is 1. The second kappa shape index (κ2) is 19.2. The first-order valence-corrected chi connectivity index (χ1v) is 21.4. The number of likely N-dealkylation sites (N-methyl/N-ethyl adjacent to an activating group) is 1. The number of rotatable bonds is 7. The molecule has 2 aromatic rings. The predicted molar refractivity (Wildman–Crippen MR) is 224 cm³/mol. The number of Topliss-reactive ketones (excluding diaryl/α,β-unsaturated/α-hetero) is 1. The predicted octanol–water partition coefficient (Wildman–Crippen LogP) is 3.98. The third-order valence-electron chi connectivity index (χ3n) is 12.8. The van der Waals surface area contributed by atoms with Gasteiger partial charge < -0.3 is 43.6 Å². The molecule has 6 rings (SSSR count). The molecule has 334 valence electrons. The molecule has 1 unspecified atom stereocenters. The Kier molecular flexibility index (Phi) is 14.6. The van der Waals surface area contributed by atoms with Crippen molar-refractivity contribution in [3.8, 4) is 11.4 Å². The van der Waals surface area contributed by atoms with Gasteiger partial charge in [-0.3, -0.25) is 24.4 Å². The number of hydrogen-bond acceptors (Lipinski definition) is 15. The lowest BCUT2D eigenvalue weighted by molar-refractivity contribution is -0.296. The van der Waals surface area contributed by atoms with E-state index in [0.29, 0.717) is 29.1 Å². The van der Waals surface area contributed by atoms with Crippen molar-refractivity contribution in [2.45, 2.75) is 141 Å². The van der Waals surface area contributed by atoms with Gasteiger partial charge in [0.2, 0.25) is 6.10 Å². The van der Waals surface area contributed by atoms with Crippen molar-refractivity contribution in [1.82, 2.24) is 14.9 Å². The number of aliphatic hydroxyl groups is 2. The first-order valence-electron chi connectivity index (χ1n) is 21.4. The molecule has 0 aliphatic carbocycles. The fraction of sp³-hybridized carbons (Fsp3) is 0.667. The smallest absolute Gasteiger partial charge is 0.316 e. The van der Waals surface area contributed by atoms with Gasteiger partial charge in [-0.25, -0.2) is 4.99 Å². The van der Waals surface area contributed by atoms with Crippen molar-refractivity contribution in [3.05, 3.63) is 48.3 Å². The molecule has 3 fully saturated rings. The highest BCUT2D eigenvalue weighted by atomic mass is 16.7. The summed E-state index contributed by atoms with van der Waals surface area (Å²) in [6, 6.07) is 8.92. The van der Waals surface area contributed by atoms with Crippen LogP contribution in [-0.2, 0) is 49.3 Å². The van der Waals surface area contributed by atoms with Gasteiger partial charge in [-0.2, -0.15) is 0 Å². The quantitative estimate of drug-likeness (QED) is 0.299. The van der Waals surface area contributed by atoms with Crippen LogP contribution in [0.2, 0.25) is 0 Å². The Hall–Kier alpha value is -4.03. The molecule has 0 saturated carbocycles. The molecular formula is C45H63N5O11. The van der Waals surface area contributed by atoms with E-state index in [1.807, 2.05) is 70.1 Å². The van der Waals surface area contributed by atoms with Crippen LogP contribution in [0.3, 0.4) is 0 Å². The number of fused-ring (bicyclic) bond motifs is 4. The molecule has 2 N–H and O–H groups in total. The van der Waals surface area contributed by atoms with Crippen LogP contribution >= 0.6 is 0 Å². The minimum Gasteiger partial charge on any atom is -0.459 e. The van der Waals surface area contributed by atoms with E-state index in [1.54, 1.807) is 33.2 Å². The molecule has 14 atom stereocenters. The summed E-state index contributed by atoms with van der Waals surface area (Å²) in [4.78, 5) is 64.6. The molecule has 61 heavy (non-hydrogen) atoms. The summed E-state index contributed by atoms with van der Waals surface area (Å²) < 4.78 is 32.5. The third kappa shape index (κ3) is 10.1. The number of ether oxygens (including phenoxy) is 5. The third-order valence-corrected chi connectivity index (χ3v) is 12.8. The topological polar surface area (TPSA) is 201 Å². The van der Waals surface area contributed by atoms with E-state index in [9.17, 15) is 24.6 Å². The number of carbonyl (C=O) groups excluding carboxylic acids is 3. The van der Waals surface area contributed by atoms with Gasteiger partial charge in [0.05, 0.1) is 48.5 Å². The molecule has 0 aromatic carbocycles. The Morgan fingerprint density at radius 1 is 0.967 bits per heavy atom. The average molecular weight is 850 g/mol. The highest BCUT2D eigenvalue weighted by Gasteiger charge is 2.53. The van der Waals surface area contributed by atoms with Crippen LogP contribution in [0.4, 0.5) is 0 Å². The number of aliphatic imine (C=N–C) groups is 1. The number of oxime groups is 1. The van der Waals surface area contributed by atoms with E-state index in [4.69, 9.17) is 33.5 Å². The van der Waals surface area contributed by atoms with Gasteiger partial charge in [0.15, 0.2) is 12.1 Å². The van der Waals surface area contributed by atoms with Crippen molar-refractivity contribution in [1.29, 1.82) is 0 Å². The van der Waals surface area contributed by atoms with E-state index in [-0.39, 0.29) is 50.3 Å². The number of nitrogens with zero attached hydrogens (tertiary/aromatic N) is 5. The SMILES string of the molecule is CC[C@H]1OC(=O)[C@H](C)C(=O)[C@H](C)[C@@H](O[C@@H]2O[C@H](C)C[C@H](N(C)C)[C@H]2O)[C@@]2(C)C[C@@H](C)C3=NC(=O)C(Cc4ccc(-c5ccccn5)nc4)O/N=C(\CO[C@@H]([C@@H]3C)[C@]1(C)O)CO2. The van der Waals surface area contributed by atoms with E-state index in [0.717, 1.165) is 0 Å². The fourth-order valence-corrected chi connectivity index (χ4v) is 9.36. The molecule has 16 nitrogen and oxygen atoms in total. The molecule has 2 aromatic heterocycles. The Morgan fingerprint density at radius 3 is 2.36 bits per heavy atom. The van der Waals surface area contributed by atoms with Gasteiger partial charge in [-0.15, -0.1) is 0 Å². The maximum Gasteiger partial charge on any atom is 0.316 e. The molecule has 0 radical (unpaired) electrons. The second-order valence-electron chi connectivity index (χ2n) is 17.9. The lowest BCUT2D eigenvalue weighted by Crippen LogP contribution is -2.60. The Morgan fingerprint density at radius 2 is 1.70 bits per heavy atom. The summed E-state index contributed by atoms with van der Waals surface area (Å²) in [6.07, 6.45) is -2.77. The van der Waals surface area contributed by atoms with Gasteiger partial charge in [0.1, 0.15) is 29.4 Å². The van der Waals surface area contributed by atoms with Gasteiger partial charge >= 0.3 is 5.97 Å². The van der Waals surface area contributed by atoms with Gasteiger partial charge in [-0.05, 0) is 90.7 Å². The molecule has 1 amide bonds. The van der Waals surface area contributed by atoms with Gasteiger partial charge in [0, 0.05) is 42.4 Å². The van der Waals surface area contributed by atoms with Crippen LogP contribution in [0.5, 0.6) is 0 Å². The zero-order valence-corrected chi connectivity index (χ0v) is 37.0. The van der Waals surface area contributed by atoms with Crippen LogP contribution in [-0.4, -0.2) is 142 Å². The first kappa shape index (κ1) is 46.5. The summed E-state index contributed by atoms with van der Waals surface area (Å²) in [6.45, 7) is 13.4. The number of carbonyl (C=O) groups is 3. The van der Waals surface area contributed by atoms with Crippen molar-refractivity contribution < 1.29 is 53.1 Å². The summed E-state index contributed by atoms with van der Waals surface area (Å²) >= 11 is 0. The fourth-order valence-electron chi connectivity index (χ4n) is 9.36. The minimum atomic E-state index is -1.84. The molecule has 3 saturated heterocycles. The number of pyridine rings is 2. The Balaban J connectivity index is 1.47. The zero-order chi connectivity index (χ0) is 44.4. The van der Waals surface area contributed by atoms with Crippen LogP contribution in [0.25, 0.3) is 11.4 Å². The standard InChI is InChI=1S/C45H63N5O11/c1-11-35-45(8,55)40-26(4)36-24(2)20-44(7,39(27(5)37(51)28(6)42(54)59-35)60-43-38(52)33(50(9)10)18-25(3)58-43)57-23-30(22-56-40)49-61-34(41(53)48-36)19-29-15-16-32(47-21-29)31-14-12-13-17-46-31/h12-17,21,24-28,33-35,38-40,43,52,55H,11,18-20,22-23H2,1-10H3/b48-36?,49-30+/t24-,25-,26-,27+,28-,33+,34?,35-,38-,39-,40+,43+,44-,45-/m1/s1. The number of esters is 1. The molecule has 4 bridgehead atoms. The number of hydrogen-bond donors (Lipinski definition) is 2. The summed E-state index contributed by atoms with van der Waals surface area (Å²) in [5, 5.41) is 28.6. The van der Waals surface area contributed by atoms with E-state index < -0.39 is 89.3 Å². The molecule has 6 heterocycles. The van der Waals surface area contributed by atoms with Gasteiger partial charge in [0.25, 0.3) is 5.91 Å². The summed E-state index contributed by atoms with van der Waals surface area (Å²) in [7, 11) is 3.74. The van der Waals surface area contributed by atoms with Crippen molar-refractivity contribution in [2.75, 3.05) is 27.3 Å². The van der Waals surface area contributed by atoms with E-state index in [2.05, 4.69) is 15.1 Å². The maximum absolute atomic E-state index is 14.5. The van der Waals surface area contributed by atoms with Crippen molar-refractivity contribution in [3.63, 3.8) is 0 Å². The monoisotopic (exact) mass is 849 g/mol. The second-order valence-corrected chi connectivity index (χ2v) is 17.9.